The summed E-state index contributed by atoms with van der Waals surface area (Å²) in [7, 11) is 0. The van der Waals surface area contributed by atoms with Gasteiger partial charge in [0.1, 0.15) is 6.54 Å². The number of hydrogen-bond donors (Lipinski definition) is 1. The van der Waals surface area contributed by atoms with Crippen LogP contribution in [0.25, 0.3) is 11.3 Å². The summed E-state index contributed by atoms with van der Waals surface area (Å²) >= 11 is 0. The van der Waals surface area contributed by atoms with Crippen molar-refractivity contribution >= 4 is 5.91 Å². The number of rotatable bonds is 5. The van der Waals surface area contributed by atoms with E-state index in [9.17, 15) is 4.79 Å². The van der Waals surface area contributed by atoms with Crippen molar-refractivity contribution in [2.24, 2.45) is 0 Å². The van der Waals surface area contributed by atoms with E-state index in [1.807, 2.05) is 24.3 Å². The normalized spacial score (nSPS) is 10.4. The van der Waals surface area contributed by atoms with E-state index >= 15 is 0 Å². The van der Waals surface area contributed by atoms with Gasteiger partial charge in [0.05, 0.1) is 5.69 Å². The standard InChI is InChI=1S/C16H15N5O/c22-16(12-21-8-2-6-20-21)19-10-13-4-7-18-15(9-13)14-3-1-5-17-11-14/h1-9,11H,10,12H2,(H,19,22). The highest BCUT2D eigenvalue weighted by Gasteiger charge is 2.04. The van der Waals surface area contributed by atoms with E-state index < -0.39 is 0 Å². The first-order chi connectivity index (χ1) is 10.8. The zero-order valence-corrected chi connectivity index (χ0v) is 11.9. The molecule has 0 unspecified atom stereocenters. The van der Waals surface area contributed by atoms with Crippen molar-refractivity contribution in [1.82, 2.24) is 25.1 Å². The van der Waals surface area contributed by atoms with Gasteiger partial charge in [-0.3, -0.25) is 19.4 Å². The molecule has 0 bridgehead atoms. The molecule has 0 aliphatic carbocycles. The Hall–Kier alpha value is -3.02. The lowest BCUT2D eigenvalue weighted by molar-refractivity contribution is -0.122. The van der Waals surface area contributed by atoms with Gasteiger partial charge in [-0.1, -0.05) is 0 Å². The summed E-state index contributed by atoms with van der Waals surface area (Å²) in [5.74, 6) is -0.0801. The summed E-state index contributed by atoms with van der Waals surface area (Å²) in [5, 5.41) is 6.88. The first-order valence-corrected chi connectivity index (χ1v) is 6.91. The molecule has 3 rings (SSSR count). The summed E-state index contributed by atoms with van der Waals surface area (Å²) in [6.45, 7) is 0.670. The largest absolute Gasteiger partial charge is 0.350 e. The molecule has 3 aromatic rings. The van der Waals surface area contributed by atoms with Gasteiger partial charge in [-0.25, -0.2) is 0 Å². The molecular formula is C16H15N5O. The van der Waals surface area contributed by atoms with E-state index in [2.05, 4.69) is 20.4 Å². The topological polar surface area (TPSA) is 72.7 Å². The summed E-state index contributed by atoms with van der Waals surface area (Å²) in [6.07, 6.45) is 8.63. The number of nitrogens with one attached hydrogen (secondary N) is 1. The van der Waals surface area contributed by atoms with Crippen LogP contribution in [-0.4, -0.2) is 25.7 Å². The monoisotopic (exact) mass is 293 g/mol. The zero-order chi connectivity index (χ0) is 15.2. The third-order valence-electron chi connectivity index (χ3n) is 3.14. The van der Waals surface area contributed by atoms with Crippen LogP contribution in [0.4, 0.5) is 0 Å². The second-order valence-corrected chi connectivity index (χ2v) is 4.77. The summed E-state index contributed by atoms with van der Waals surface area (Å²) < 4.78 is 1.59. The van der Waals surface area contributed by atoms with Crippen molar-refractivity contribution in [3.05, 3.63) is 66.9 Å². The van der Waals surface area contributed by atoms with E-state index in [-0.39, 0.29) is 12.5 Å². The average Bonchev–Trinajstić information content (AvgIpc) is 3.07. The van der Waals surface area contributed by atoms with Crippen LogP contribution in [0.3, 0.4) is 0 Å². The lowest BCUT2D eigenvalue weighted by atomic mass is 10.1. The molecule has 0 aliphatic heterocycles. The number of amides is 1. The molecule has 0 aromatic carbocycles. The van der Waals surface area contributed by atoms with E-state index in [1.54, 1.807) is 41.7 Å². The van der Waals surface area contributed by atoms with Crippen LogP contribution >= 0.6 is 0 Å². The highest BCUT2D eigenvalue weighted by atomic mass is 16.2. The molecule has 22 heavy (non-hydrogen) atoms. The molecule has 0 atom stereocenters. The first kappa shape index (κ1) is 13.9. The van der Waals surface area contributed by atoms with Crippen LogP contribution in [0.1, 0.15) is 5.56 Å². The van der Waals surface area contributed by atoms with Crippen LogP contribution in [0.2, 0.25) is 0 Å². The van der Waals surface area contributed by atoms with Crippen molar-refractivity contribution in [3.63, 3.8) is 0 Å². The molecule has 1 amide bonds. The molecule has 0 spiro atoms. The van der Waals surface area contributed by atoms with Gasteiger partial charge >= 0.3 is 0 Å². The Kier molecular flexibility index (Phi) is 4.20. The Morgan fingerprint density at radius 2 is 2.14 bits per heavy atom. The smallest absolute Gasteiger partial charge is 0.241 e. The first-order valence-electron chi connectivity index (χ1n) is 6.91. The van der Waals surface area contributed by atoms with Crippen molar-refractivity contribution in [2.45, 2.75) is 13.1 Å². The fourth-order valence-electron chi connectivity index (χ4n) is 2.05. The fourth-order valence-corrected chi connectivity index (χ4v) is 2.05. The summed E-state index contributed by atoms with van der Waals surface area (Å²) in [4.78, 5) is 20.3. The van der Waals surface area contributed by atoms with Crippen LogP contribution in [-0.2, 0) is 17.9 Å². The summed E-state index contributed by atoms with van der Waals surface area (Å²) in [5.41, 5.74) is 2.78. The molecule has 1 N–H and O–H groups in total. The molecular weight excluding hydrogens is 278 g/mol. The molecule has 0 aliphatic rings. The van der Waals surface area contributed by atoms with Gasteiger partial charge in [0.25, 0.3) is 0 Å². The molecule has 3 aromatic heterocycles. The Bertz CT molecular complexity index is 740. The molecule has 110 valence electrons. The molecule has 0 saturated heterocycles. The maximum Gasteiger partial charge on any atom is 0.241 e. The Balaban J connectivity index is 1.62. The highest BCUT2D eigenvalue weighted by molar-refractivity contribution is 5.75. The average molecular weight is 293 g/mol. The molecule has 6 nitrogen and oxygen atoms in total. The Morgan fingerprint density at radius 1 is 1.18 bits per heavy atom. The van der Waals surface area contributed by atoms with Gasteiger partial charge in [-0.15, -0.1) is 0 Å². The van der Waals surface area contributed by atoms with Gasteiger partial charge in [0, 0.05) is 43.1 Å². The molecule has 6 heteroatoms. The van der Waals surface area contributed by atoms with Crippen molar-refractivity contribution < 1.29 is 4.79 Å². The number of carbonyl (C=O) groups excluding carboxylic acids is 1. The van der Waals surface area contributed by atoms with Gasteiger partial charge in [0.2, 0.25) is 5.91 Å². The zero-order valence-electron chi connectivity index (χ0n) is 11.9. The lowest BCUT2D eigenvalue weighted by Crippen LogP contribution is -2.27. The number of hydrogen-bond acceptors (Lipinski definition) is 4. The minimum Gasteiger partial charge on any atom is -0.350 e. The number of nitrogens with zero attached hydrogens (tertiary/aromatic N) is 4. The van der Waals surface area contributed by atoms with Gasteiger partial charge in [0.15, 0.2) is 0 Å². The second kappa shape index (κ2) is 6.62. The highest BCUT2D eigenvalue weighted by Crippen LogP contribution is 2.16. The molecule has 0 saturated carbocycles. The van der Waals surface area contributed by atoms with Gasteiger partial charge in [-0.05, 0) is 35.9 Å². The van der Waals surface area contributed by atoms with E-state index in [4.69, 9.17) is 0 Å². The van der Waals surface area contributed by atoms with Crippen LogP contribution in [0.5, 0.6) is 0 Å². The minimum absolute atomic E-state index is 0.0801. The van der Waals surface area contributed by atoms with Gasteiger partial charge < -0.3 is 5.32 Å². The fraction of sp³-hybridized carbons (Fsp3) is 0.125. The molecule has 3 heterocycles. The lowest BCUT2D eigenvalue weighted by Gasteiger charge is -2.07. The van der Waals surface area contributed by atoms with E-state index in [1.165, 1.54) is 0 Å². The van der Waals surface area contributed by atoms with Crippen LogP contribution < -0.4 is 5.32 Å². The molecule has 0 radical (unpaired) electrons. The van der Waals surface area contributed by atoms with Crippen molar-refractivity contribution in [1.29, 1.82) is 0 Å². The van der Waals surface area contributed by atoms with Crippen LogP contribution in [0.15, 0.2) is 61.3 Å². The van der Waals surface area contributed by atoms with E-state index in [0.29, 0.717) is 6.54 Å². The second-order valence-electron chi connectivity index (χ2n) is 4.77. The number of carbonyl (C=O) groups is 1. The maximum atomic E-state index is 11.8. The summed E-state index contributed by atoms with van der Waals surface area (Å²) in [6, 6.07) is 9.44. The SMILES string of the molecule is O=C(Cn1cccn1)NCc1ccnc(-c2cccnc2)c1. The minimum atomic E-state index is -0.0801. The predicted octanol–water partition coefficient (Wildman–Crippen LogP) is 1.66. The van der Waals surface area contributed by atoms with Crippen LogP contribution in [0, 0.1) is 0 Å². The Morgan fingerprint density at radius 3 is 2.91 bits per heavy atom. The maximum absolute atomic E-state index is 11.8. The van der Waals surface area contributed by atoms with E-state index in [0.717, 1.165) is 16.8 Å². The van der Waals surface area contributed by atoms with Crippen molar-refractivity contribution in [3.8, 4) is 11.3 Å². The molecule has 0 fully saturated rings. The van der Waals surface area contributed by atoms with Gasteiger partial charge in [-0.2, -0.15) is 5.10 Å². The Labute approximate surface area is 127 Å². The van der Waals surface area contributed by atoms with Crippen molar-refractivity contribution in [2.75, 3.05) is 0 Å². The quantitative estimate of drug-likeness (QED) is 0.776. The third-order valence-corrected chi connectivity index (χ3v) is 3.14. The number of pyridine rings is 2. The predicted molar refractivity (Wildman–Crippen MR) is 81.5 cm³/mol. The third kappa shape index (κ3) is 3.54. The number of aromatic nitrogens is 4.